The van der Waals surface area contributed by atoms with Gasteiger partial charge in [0, 0.05) is 23.0 Å². The molecule has 1 aromatic rings. The number of rotatable bonds is 2. The molecule has 1 amide bonds. The molecule has 2 aliphatic heterocycles. The highest BCUT2D eigenvalue weighted by molar-refractivity contribution is 6.02. The summed E-state index contributed by atoms with van der Waals surface area (Å²) in [7, 11) is 0. The first-order valence-corrected chi connectivity index (χ1v) is 12.1. The number of aliphatic carboxylic acids is 1. The van der Waals surface area contributed by atoms with Crippen LogP contribution in [0, 0.1) is 22.7 Å². The zero-order valence-electron chi connectivity index (χ0n) is 20.1. The molecule has 1 spiro atoms. The summed E-state index contributed by atoms with van der Waals surface area (Å²) in [6, 6.07) is 0.532. The normalized spacial score (nSPS) is 37.3. The summed E-state index contributed by atoms with van der Waals surface area (Å²) in [5, 5.41) is 31.2. The van der Waals surface area contributed by atoms with E-state index in [9.17, 15) is 24.9 Å². The molecule has 6 atom stereocenters. The largest absolute Gasteiger partial charge is 0.508 e. The number of aromatic hydroxyl groups is 1. The summed E-state index contributed by atoms with van der Waals surface area (Å²) >= 11 is 0. The number of carbonyl (C=O) groups is 2. The van der Waals surface area contributed by atoms with Gasteiger partial charge in [-0.15, -0.1) is 0 Å². The first-order chi connectivity index (χ1) is 15.3. The third-order valence-corrected chi connectivity index (χ3v) is 9.95. The van der Waals surface area contributed by atoms with Gasteiger partial charge in [0.1, 0.15) is 23.1 Å². The van der Waals surface area contributed by atoms with Crippen molar-refractivity contribution in [2.45, 2.75) is 91.0 Å². The minimum absolute atomic E-state index is 0.0480. The van der Waals surface area contributed by atoms with Gasteiger partial charge >= 0.3 is 5.97 Å². The minimum atomic E-state index is -1.06. The fourth-order valence-electron chi connectivity index (χ4n) is 7.74. The quantitative estimate of drug-likeness (QED) is 0.625. The summed E-state index contributed by atoms with van der Waals surface area (Å²) in [5.74, 6) is -0.333. The summed E-state index contributed by atoms with van der Waals surface area (Å²) < 4.78 is 6.94. The SMILES string of the molecule is C[C@H](C(=O)O)N1Cc2c(cc(O)c3c2O[C@]2(C3)[C@H](C)CC[C@@H]3C(C)(C)[C@@H](O)CC[C@@]32C)C1=O. The van der Waals surface area contributed by atoms with Crippen molar-refractivity contribution in [3.8, 4) is 11.5 Å². The molecule has 33 heavy (non-hydrogen) atoms. The Morgan fingerprint density at radius 1 is 1.21 bits per heavy atom. The van der Waals surface area contributed by atoms with Gasteiger partial charge < -0.3 is 25.0 Å². The van der Waals surface area contributed by atoms with Crippen LogP contribution in [0.5, 0.6) is 11.5 Å². The van der Waals surface area contributed by atoms with E-state index in [0.717, 1.165) is 24.8 Å². The molecule has 1 aromatic carbocycles. The number of phenolic OH excluding ortho intramolecular Hbond substituents is 1. The van der Waals surface area contributed by atoms with Gasteiger partial charge in [0.05, 0.1) is 18.2 Å². The molecule has 0 bridgehead atoms. The lowest BCUT2D eigenvalue weighted by Gasteiger charge is -2.64. The Balaban J connectivity index is 1.60. The Morgan fingerprint density at radius 3 is 2.58 bits per heavy atom. The number of ether oxygens (including phenoxy) is 1. The Bertz CT molecular complexity index is 1050. The van der Waals surface area contributed by atoms with Crippen LogP contribution < -0.4 is 4.74 Å². The third kappa shape index (κ3) is 2.71. The van der Waals surface area contributed by atoms with Gasteiger partial charge in [0.15, 0.2) is 0 Å². The molecule has 7 nitrogen and oxygen atoms in total. The lowest BCUT2D eigenvalue weighted by atomic mass is 9.43. The number of carboxylic acids is 1. The molecule has 0 saturated heterocycles. The molecule has 0 radical (unpaired) electrons. The van der Waals surface area contributed by atoms with Crippen molar-refractivity contribution in [3.05, 3.63) is 22.8 Å². The molecule has 0 aromatic heterocycles. The Hall–Kier alpha value is -2.28. The van der Waals surface area contributed by atoms with Crippen molar-refractivity contribution in [1.82, 2.24) is 4.90 Å². The molecular formula is C26H35NO6. The number of amides is 1. The number of benzene rings is 1. The molecule has 4 aliphatic rings. The molecular weight excluding hydrogens is 422 g/mol. The number of phenols is 1. The van der Waals surface area contributed by atoms with E-state index in [1.165, 1.54) is 17.9 Å². The Kier molecular flexibility index (Phi) is 4.69. The monoisotopic (exact) mass is 457 g/mol. The Labute approximate surface area is 194 Å². The number of carbonyl (C=O) groups excluding carboxylic acids is 1. The van der Waals surface area contributed by atoms with Crippen molar-refractivity contribution >= 4 is 11.9 Å². The standard InChI is InChI=1S/C26H35NO6/c1-13-6-7-19-24(3,4)20(29)8-9-25(19,5)26(13)11-16-18(28)10-15-17(21(16)33-26)12-27(22(15)30)14(2)23(31)32/h10,13-14,19-20,28-29H,6-9,11-12H2,1-5H3,(H,31,32)/t13-,14-,19-,20+,25+,26-/m1/s1. The van der Waals surface area contributed by atoms with Crippen molar-refractivity contribution in [2.75, 3.05) is 0 Å². The second-order valence-corrected chi connectivity index (χ2v) is 11.7. The van der Waals surface area contributed by atoms with E-state index < -0.39 is 17.6 Å². The van der Waals surface area contributed by atoms with E-state index in [1.807, 2.05) is 0 Å². The first-order valence-electron chi connectivity index (χ1n) is 12.1. The van der Waals surface area contributed by atoms with Gasteiger partial charge in [-0.1, -0.05) is 27.7 Å². The van der Waals surface area contributed by atoms with Gasteiger partial charge in [-0.05, 0) is 55.9 Å². The maximum atomic E-state index is 13.0. The molecule has 5 rings (SSSR count). The second kappa shape index (κ2) is 6.87. The minimum Gasteiger partial charge on any atom is -0.508 e. The van der Waals surface area contributed by atoms with Crippen LogP contribution in [0.2, 0.25) is 0 Å². The number of nitrogens with zero attached hydrogens (tertiary/aromatic N) is 1. The highest BCUT2D eigenvalue weighted by Crippen LogP contribution is 2.67. The fourth-order valence-corrected chi connectivity index (χ4v) is 7.74. The topological polar surface area (TPSA) is 107 Å². The predicted octanol–water partition coefficient (Wildman–Crippen LogP) is 3.73. The molecule has 2 aliphatic carbocycles. The van der Waals surface area contributed by atoms with Crippen LogP contribution in [0.15, 0.2) is 6.07 Å². The molecule has 180 valence electrons. The molecule has 2 saturated carbocycles. The highest BCUT2D eigenvalue weighted by atomic mass is 16.5. The lowest BCUT2D eigenvalue weighted by molar-refractivity contribution is -0.210. The van der Waals surface area contributed by atoms with E-state index >= 15 is 0 Å². The number of fused-ring (bicyclic) bond motifs is 5. The number of hydrogen-bond acceptors (Lipinski definition) is 5. The van der Waals surface area contributed by atoms with Crippen molar-refractivity contribution in [3.63, 3.8) is 0 Å². The van der Waals surface area contributed by atoms with Gasteiger partial charge in [-0.2, -0.15) is 0 Å². The van der Waals surface area contributed by atoms with Crippen molar-refractivity contribution < 1.29 is 29.6 Å². The molecule has 2 fully saturated rings. The summed E-state index contributed by atoms with van der Waals surface area (Å²) in [6.07, 6.45) is 3.74. The average molecular weight is 458 g/mol. The van der Waals surface area contributed by atoms with Crippen LogP contribution in [0.25, 0.3) is 0 Å². The lowest BCUT2D eigenvalue weighted by Crippen LogP contribution is -2.66. The molecule has 2 heterocycles. The third-order valence-electron chi connectivity index (χ3n) is 9.95. The van der Waals surface area contributed by atoms with E-state index in [1.54, 1.807) is 0 Å². The number of carboxylic acid groups (broad SMARTS) is 1. The van der Waals surface area contributed by atoms with Crippen LogP contribution in [0.1, 0.15) is 81.8 Å². The summed E-state index contributed by atoms with van der Waals surface area (Å²) in [6.45, 7) is 10.5. The van der Waals surface area contributed by atoms with Gasteiger partial charge in [0.25, 0.3) is 5.91 Å². The van der Waals surface area contributed by atoms with E-state index in [-0.39, 0.29) is 47.0 Å². The van der Waals surface area contributed by atoms with Crippen LogP contribution >= 0.6 is 0 Å². The summed E-state index contributed by atoms with van der Waals surface area (Å²) in [5.41, 5.74) is 0.752. The zero-order valence-corrected chi connectivity index (χ0v) is 20.1. The first kappa shape index (κ1) is 22.5. The van der Waals surface area contributed by atoms with Gasteiger partial charge in [-0.3, -0.25) is 4.79 Å². The number of hydrogen-bond donors (Lipinski definition) is 3. The van der Waals surface area contributed by atoms with E-state index in [2.05, 4.69) is 27.7 Å². The number of aliphatic hydroxyl groups excluding tert-OH is 1. The van der Waals surface area contributed by atoms with E-state index in [4.69, 9.17) is 4.74 Å². The zero-order chi connectivity index (χ0) is 24.1. The average Bonchev–Trinajstić information content (AvgIpc) is 3.30. The molecule has 7 heteroatoms. The fraction of sp³-hybridized carbons (Fsp3) is 0.692. The van der Waals surface area contributed by atoms with Crippen LogP contribution in [0.3, 0.4) is 0 Å². The van der Waals surface area contributed by atoms with E-state index in [0.29, 0.717) is 29.7 Å². The van der Waals surface area contributed by atoms with Crippen molar-refractivity contribution in [2.24, 2.45) is 22.7 Å². The second-order valence-electron chi connectivity index (χ2n) is 11.7. The predicted molar refractivity (Wildman–Crippen MR) is 121 cm³/mol. The van der Waals surface area contributed by atoms with Gasteiger partial charge in [0.2, 0.25) is 0 Å². The number of aliphatic hydroxyl groups is 1. The van der Waals surface area contributed by atoms with Crippen molar-refractivity contribution in [1.29, 1.82) is 0 Å². The Morgan fingerprint density at radius 2 is 1.91 bits per heavy atom. The molecule has 0 unspecified atom stereocenters. The smallest absolute Gasteiger partial charge is 0.326 e. The van der Waals surface area contributed by atoms with Gasteiger partial charge in [-0.25, -0.2) is 4.79 Å². The van der Waals surface area contributed by atoms with Crippen LogP contribution in [-0.4, -0.2) is 49.8 Å². The maximum Gasteiger partial charge on any atom is 0.326 e. The maximum absolute atomic E-state index is 13.0. The molecule has 3 N–H and O–H groups in total. The highest BCUT2D eigenvalue weighted by Gasteiger charge is 2.67. The summed E-state index contributed by atoms with van der Waals surface area (Å²) in [4.78, 5) is 25.9. The van der Waals surface area contributed by atoms with Crippen LogP contribution in [0.4, 0.5) is 0 Å². The van der Waals surface area contributed by atoms with Crippen LogP contribution in [-0.2, 0) is 17.8 Å².